The summed E-state index contributed by atoms with van der Waals surface area (Å²) in [5, 5.41) is 7.07. The Hall–Kier alpha value is -3.43. The predicted octanol–water partition coefficient (Wildman–Crippen LogP) is 1.48. The van der Waals surface area contributed by atoms with Gasteiger partial charge in [-0.3, -0.25) is 14.2 Å². The first kappa shape index (κ1) is 22.3. The second kappa shape index (κ2) is 10.1. The molecule has 3 rings (SSSR count). The van der Waals surface area contributed by atoms with Crippen LogP contribution in [0.25, 0.3) is 5.69 Å². The van der Waals surface area contributed by atoms with Crippen LogP contribution < -0.4 is 21.3 Å². The average Bonchev–Trinajstić information content (AvgIpc) is 2.78. The average molecular weight is 445 g/mol. The van der Waals surface area contributed by atoms with Gasteiger partial charge in [-0.1, -0.05) is 23.7 Å². The van der Waals surface area contributed by atoms with Crippen LogP contribution in [0.4, 0.5) is 0 Å². The molecule has 0 spiro atoms. The summed E-state index contributed by atoms with van der Waals surface area (Å²) in [5.74, 6) is -0.126. The van der Waals surface area contributed by atoms with E-state index in [1.807, 2.05) is 0 Å². The van der Waals surface area contributed by atoms with Crippen LogP contribution in [-0.4, -0.2) is 47.6 Å². The molecule has 0 unspecified atom stereocenters. The Morgan fingerprint density at radius 1 is 1.13 bits per heavy atom. The molecule has 1 N–H and O–H groups in total. The topological polar surface area (TPSA) is 104 Å². The van der Waals surface area contributed by atoms with Crippen LogP contribution in [0.1, 0.15) is 16.1 Å². The first-order valence-corrected chi connectivity index (χ1v) is 9.72. The highest BCUT2D eigenvalue weighted by Gasteiger charge is 2.20. The lowest BCUT2D eigenvalue weighted by Crippen LogP contribution is -2.46. The summed E-state index contributed by atoms with van der Waals surface area (Å²) in [7, 11) is 3.01. The highest BCUT2D eigenvalue weighted by atomic mass is 35.5. The van der Waals surface area contributed by atoms with E-state index in [0.29, 0.717) is 22.0 Å². The third-order valence-electron chi connectivity index (χ3n) is 4.41. The monoisotopic (exact) mass is 444 g/mol. The minimum atomic E-state index is -0.798. The number of rotatable bonds is 8. The third-order valence-corrected chi connectivity index (χ3v) is 4.66. The van der Waals surface area contributed by atoms with Gasteiger partial charge < -0.3 is 14.8 Å². The summed E-state index contributed by atoms with van der Waals surface area (Å²) >= 11 is 5.93. The van der Waals surface area contributed by atoms with Crippen molar-refractivity contribution in [3.63, 3.8) is 0 Å². The Labute approximate surface area is 182 Å². The highest BCUT2D eigenvalue weighted by Crippen LogP contribution is 2.13. The Kier molecular flexibility index (Phi) is 7.22. The first-order valence-electron chi connectivity index (χ1n) is 9.34. The van der Waals surface area contributed by atoms with Crippen LogP contribution in [0.15, 0.2) is 58.1 Å². The van der Waals surface area contributed by atoms with Crippen LogP contribution >= 0.6 is 11.6 Å². The van der Waals surface area contributed by atoms with Crippen molar-refractivity contribution >= 4 is 17.5 Å². The molecule has 0 radical (unpaired) electrons. The van der Waals surface area contributed by atoms with E-state index in [0.717, 1.165) is 9.25 Å². The van der Waals surface area contributed by atoms with E-state index in [2.05, 4.69) is 10.4 Å². The number of carbonyl (C=O) groups is 1. The number of carbonyl (C=O) groups excluding carboxylic acids is 1. The second-order valence-electron chi connectivity index (χ2n) is 6.51. The van der Waals surface area contributed by atoms with E-state index < -0.39 is 22.9 Å². The molecule has 0 aliphatic heterocycles. The van der Waals surface area contributed by atoms with Gasteiger partial charge in [0.2, 0.25) is 5.69 Å². The maximum absolute atomic E-state index is 13.1. The summed E-state index contributed by atoms with van der Waals surface area (Å²) in [6.45, 7) is 0.385. The fourth-order valence-electron chi connectivity index (χ4n) is 2.85. The maximum atomic E-state index is 13.1. The first-order chi connectivity index (χ1) is 14.9. The van der Waals surface area contributed by atoms with Crippen LogP contribution in [-0.2, 0) is 11.3 Å². The van der Waals surface area contributed by atoms with E-state index in [9.17, 15) is 14.4 Å². The van der Waals surface area contributed by atoms with E-state index in [1.165, 1.54) is 14.2 Å². The largest absolute Gasteiger partial charge is 0.497 e. The zero-order valence-electron chi connectivity index (χ0n) is 17.0. The standard InChI is InChI=1S/C21H21ClN4O5/c1-30-11-10-23-19(27)18-20(28)25(13-14-4-3-5-17(12-14)31-2)21(29)26(24-18)16-8-6-15(22)7-9-16/h3-9,12H,10-11,13H2,1-2H3,(H,23,27). The number of methoxy groups -OCH3 is 2. The number of aromatic nitrogens is 3. The molecule has 1 amide bonds. The Bertz CT molecular complexity index is 1190. The van der Waals surface area contributed by atoms with Gasteiger partial charge in [-0.15, -0.1) is 0 Å². The summed E-state index contributed by atoms with van der Waals surface area (Å²) in [6.07, 6.45) is 0. The van der Waals surface area contributed by atoms with Crippen LogP contribution in [0.5, 0.6) is 5.75 Å². The fourth-order valence-corrected chi connectivity index (χ4v) is 2.98. The van der Waals surface area contributed by atoms with Crippen molar-refractivity contribution in [1.29, 1.82) is 0 Å². The van der Waals surface area contributed by atoms with E-state index in [4.69, 9.17) is 21.1 Å². The number of halogens is 1. The van der Waals surface area contributed by atoms with Gasteiger partial charge in [0.15, 0.2) is 0 Å². The molecule has 10 heteroatoms. The molecule has 3 aromatic rings. The molecule has 0 aliphatic carbocycles. The molecule has 9 nitrogen and oxygen atoms in total. The van der Waals surface area contributed by atoms with Gasteiger partial charge in [0.05, 0.1) is 25.9 Å². The van der Waals surface area contributed by atoms with E-state index in [1.54, 1.807) is 48.5 Å². The maximum Gasteiger partial charge on any atom is 0.352 e. The molecule has 0 bridgehead atoms. The van der Waals surface area contributed by atoms with Crippen LogP contribution in [0.2, 0.25) is 5.02 Å². The molecule has 31 heavy (non-hydrogen) atoms. The minimum Gasteiger partial charge on any atom is -0.497 e. The van der Waals surface area contributed by atoms with Crippen molar-refractivity contribution < 1.29 is 14.3 Å². The predicted molar refractivity (Wildman–Crippen MR) is 115 cm³/mol. The zero-order chi connectivity index (χ0) is 22.4. The van der Waals surface area contributed by atoms with Crippen molar-refractivity contribution in [2.75, 3.05) is 27.4 Å². The lowest BCUT2D eigenvalue weighted by Gasteiger charge is -2.13. The van der Waals surface area contributed by atoms with Crippen LogP contribution in [0, 0.1) is 0 Å². The van der Waals surface area contributed by atoms with Gasteiger partial charge >= 0.3 is 5.69 Å². The second-order valence-corrected chi connectivity index (χ2v) is 6.95. The minimum absolute atomic E-state index is 0.0661. The molecule has 1 heterocycles. The molecule has 0 aliphatic rings. The summed E-state index contributed by atoms with van der Waals surface area (Å²) in [5.41, 5.74) is -0.886. The lowest BCUT2D eigenvalue weighted by molar-refractivity contribution is 0.0927. The molecule has 162 valence electrons. The number of hydrogen-bond acceptors (Lipinski definition) is 6. The van der Waals surface area contributed by atoms with Gasteiger partial charge in [0.25, 0.3) is 11.5 Å². The third kappa shape index (κ3) is 5.19. The Balaban J connectivity index is 2.13. The van der Waals surface area contributed by atoms with Gasteiger partial charge in [0.1, 0.15) is 5.75 Å². The molecule has 0 saturated carbocycles. The van der Waals surface area contributed by atoms with Crippen molar-refractivity contribution in [3.8, 4) is 11.4 Å². The SMILES string of the molecule is COCCNC(=O)c1nn(-c2ccc(Cl)cc2)c(=O)n(Cc2cccc(OC)c2)c1=O. The lowest BCUT2D eigenvalue weighted by atomic mass is 10.2. The number of benzene rings is 2. The molecule has 0 saturated heterocycles. The van der Waals surface area contributed by atoms with Crippen molar-refractivity contribution in [2.24, 2.45) is 0 Å². The summed E-state index contributed by atoms with van der Waals surface area (Å²) in [6, 6.07) is 13.3. The van der Waals surface area contributed by atoms with Gasteiger partial charge in [-0.2, -0.15) is 9.78 Å². The fraction of sp³-hybridized carbons (Fsp3) is 0.238. The molecular weight excluding hydrogens is 424 g/mol. The summed E-state index contributed by atoms with van der Waals surface area (Å²) < 4.78 is 12.1. The number of nitrogens with zero attached hydrogens (tertiary/aromatic N) is 3. The van der Waals surface area contributed by atoms with Crippen molar-refractivity contribution in [1.82, 2.24) is 19.7 Å². The Morgan fingerprint density at radius 3 is 2.55 bits per heavy atom. The molecular formula is C21H21ClN4O5. The smallest absolute Gasteiger partial charge is 0.352 e. The molecule has 1 aromatic heterocycles. The number of amides is 1. The number of nitrogens with one attached hydrogen (secondary N) is 1. The highest BCUT2D eigenvalue weighted by molar-refractivity contribution is 6.30. The summed E-state index contributed by atoms with van der Waals surface area (Å²) in [4.78, 5) is 38.7. The normalized spacial score (nSPS) is 10.7. The van der Waals surface area contributed by atoms with Crippen molar-refractivity contribution in [3.05, 3.63) is 85.6 Å². The van der Waals surface area contributed by atoms with Gasteiger partial charge in [0, 0.05) is 18.7 Å². The zero-order valence-corrected chi connectivity index (χ0v) is 17.8. The number of hydrogen-bond donors (Lipinski definition) is 1. The number of ether oxygens (including phenoxy) is 2. The van der Waals surface area contributed by atoms with Crippen molar-refractivity contribution in [2.45, 2.75) is 6.54 Å². The van der Waals surface area contributed by atoms with Gasteiger partial charge in [-0.05, 0) is 42.0 Å². The quantitative estimate of drug-likeness (QED) is 0.528. The van der Waals surface area contributed by atoms with Gasteiger partial charge in [-0.25, -0.2) is 4.79 Å². The molecule has 0 fully saturated rings. The Morgan fingerprint density at radius 2 is 1.87 bits per heavy atom. The molecule has 0 atom stereocenters. The molecule has 2 aromatic carbocycles. The van der Waals surface area contributed by atoms with E-state index in [-0.39, 0.29) is 19.7 Å². The van der Waals surface area contributed by atoms with E-state index >= 15 is 0 Å². The van der Waals surface area contributed by atoms with Crippen LogP contribution in [0.3, 0.4) is 0 Å².